The van der Waals surface area contributed by atoms with Crippen molar-refractivity contribution in [3.8, 4) is 0 Å². The first-order valence-electron chi connectivity index (χ1n) is 23.4. The zero-order chi connectivity index (χ0) is 46.3. The van der Waals surface area contributed by atoms with Crippen molar-refractivity contribution in [1.82, 2.24) is 5.32 Å². The van der Waals surface area contributed by atoms with Gasteiger partial charge in [0.1, 0.15) is 73.2 Å². The molecule has 0 radical (unpaired) electrons. The zero-order valence-corrected chi connectivity index (χ0v) is 37.3. The van der Waals surface area contributed by atoms with Gasteiger partial charge in [0.05, 0.1) is 38.6 Å². The highest BCUT2D eigenvalue weighted by Gasteiger charge is 2.53. The normalized spacial score (nSPS) is 34.9. The summed E-state index contributed by atoms with van der Waals surface area (Å²) in [5.74, 6) is -0.313. The van der Waals surface area contributed by atoms with Gasteiger partial charge in [-0.3, -0.25) is 4.79 Å². The van der Waals surface area contributed by atoms with Crippen molar-refractivity contribution in [1.29, 1.82) is 0 Å². The number of aliphatic hydroxyl groups excluding tert-OH is 11. The van der Waals surface area contributed by atoms with Gasteiger partial charge >= 0.3 is 0 Å². The van der Waals surface area contributed by atoms with Crippen LogP contribution in [0.1, 0.15) is 129 Å². The highest BCUT2D eigenvalue weighted by atomic mass is 16.8. The summed E-state index contributed by atoms with van der Waals surface area (Å²) in [6.45, 7) is 1.41. The van der Waals surface area contributed by atoms with Gasteiger partial charge in [0.15, 0.2) is 18.9 Å². The van der Waals surface area contributed by atoms with E-state index in [0.29, 0.717) is 6.42 Å². The minimum absolute atomic E-state index is 0.219. The monoisotopic (exact) mass is 912 g/mol. The number of ether oxygens (including phenoxy) is 6. The van der Waals surface area contributed by atoms with E-state index in [2.05, 4.69) is 12.2 Å². The first-order valence-corrected chi connectivity index (χ1v) is 23.4. The topological polar surface area (TPSA) is 307 Å². The van der Waals surface area contributed by atoms with Crippen molar-refractivity contribution in [3.05, 3.63) is 12.2 Å². The number of hydrogen-bond acceptors (Lipinski definition) is 18. The van der Waals surface area contributed by atoms with Crippen LogP contribution in [0.2, 0.25) is 0 Å². The molecule has 3 rings (SSSR count). The molecule has 0 bridgehead atoms. The predicted octanol–water partition coefficient (Wildman–Crippen LogP) is -0.0852. The Morgan fingerprint density at radius 1 is 0.556 bits per heavy atom. The van der Waals surface area contributed by atoms with Gasteiger partial charge < -0.3 is 89.9 Å². The lowest BCUT2D eigenvalue weighted by Gasteiger charge is -2.48. The summed E-state index contributed by atoms with van der Waals surface area (Å²) in [6.07, 6.45) is -3.38. The Morgan fingerprint density at radius 2 is 0.984 bits per heavy atom. The second kappa shape index (κ2) is 30.7. The second-order valence-corrected chi connectivity index (χ2v) is 17.2. The molecule has 17 atom stereocenters. The van der Waals surface area contributed by atoms with Crippen molar-refractivity contribution in [2.75, 3.05) is 26.4 Å². The van der Waals surface area contributed by atoms with Gasteiger partial charge in [0, 0.05) is 6.42 Å². The molecule has 0 aromatic rings. The summed E-state index contributed by atoms with van der Waals surface area (Å²) >= 11 is 0. The maximum absolute atomic E-state index is 12.7. The number of aliphatic hydroxyl groups is 11. The van der Waals surface area contributed by atoms with Crippen LogP contribution in [0.5, 0.6) is 0 Å². The third-order valence-electron chi connectivity index (χ3n) is 12.1. The molecule has 0 aromatic heterocycles. The van der Waals surface area contributed by atoms with E-state index in [1.807, 2.05) is 13.0 Å². The van der Waals surface area contributed by atoms with E-state index in [-0.39, 0.29) is 18.9 Å². The molecule has 12 N–H and O–H groups in total. The fourth-order valence-electron chi connectivity index (χ4n) is 8.05. The summed E-state index contributed by atoms with van der Waals surface area (Å²) in [4.78, 5) is 12.7. The molecular weight excluding hydrogens is 830 g/mol. The second-order valence-electron chi connectivity index (χ2n) is 17.2. The highest BCUT2D eigenvalue weighted by molar-refractivity contribution is 5.76. The van der Waals surface area contributed by atoms with E-state index in [1.54, 1.807) is 6.08 Å². The Kier molecular flexibility index (Phi) is 27.3. The van der Waals surface area contributed by atoms with Crippen LogP contribution < -0.4 is 5.32 Å². The maximum Gasteiger partial charge on any atom is 0.220 e. The molecule has 3 aliphatic heterocycles. The molecule has 19 heteroatoms. The van der Waals surface area contributed by atoms with Crippen LogP contribution in [0.25, 0.3) is 0 Å². The van der Waals surface area contributed by atoms with Gasteiger partial charge in [-0.05, 0) is 19.3 Å². The molecule has 370 valence electrons. The lowest BCUT2D eigenvalue weighted by molar-refractivity contribution is -0.379. The van der Waals surface area contributed by atoms with Crippen LogP contribution in [0.15, 0.2) is 12.2 Å². The molecule has 0 saturated carbocycles. The summed E-state index contributed by atoms with van der Waals surface area (Å²) < 4.78 is 33.8. The minimum Gasteiger partial charge on any atom is -0.394 e. The van der Waals surface area contributed by atoms with E-state index >= 15 is 0 Å². The third kappa shape index (κ3) is 17.9. The molecular formula is C44H81NO18. The fraction of sp³-hybridized carbons (Fsp3) is 0.932. The van der Waals surface area contributed by atoms with Crippen LogP contribution in [0.4, 0.5) is 0 Å². The summed E-state index contributed by atoms with van der Waals surface area (Å²) in [6, 6.07) is -0.961. The van der Waals surface area contributed by atoms with Gasteiger partial charge in [-0.2, -0.15) is 0 Å². The van der Waals surface area contributed by atoms with E-state index in [1.165, 1.54) is 70.6 Å². The molecule has 3 fully saturated rings. The molecule has 19 nitrogen and oxygen atoms in total. The quantitative estimate of drug-likeness (QED) is 0.0320. The molecule has 3 aliphatic rings. The first kappa shape index (κ1) is 55.9. The molecule has 1 amide bonds. The summed E-state index contributed by atoms with van der Waals surface area (Å²) in [5.41, 5.74) is 0. The number of hydrogen-bond donors (Lipinski definition) is 12. The number of carbonyl (C=O) groups is 1. The number of carbonyl (C=O) groups excluding carboxylic acids is 1. The standard InChI is InChI=1S/C44H81NO18/c1-3-5-7-8-9-10-11-12-13-14-15-16-17-18-19-20-21-28(49)27(45-32(50)22-6-4-2)26-58-42-38(56)35(53)40(30(24-47)60-42)63-44-39(57)36(54)41(31(25-48)61-44)62-43-37(55)34(52)33(51)29(23-46)59-43/h20-21,27-31,33-44,46-49,51-57H,3-19,22-26H2,1-2H3,(H,45,50)/b21-20+. The lowest BCUT2D eigenvalue weighted by atomic mass is 9.96. The smallest absolute Gasteiger partial charge is 0.220 e. The van der Waals surface area contributed by atoms with Crippen LogP contribution in [-0.4, -0.2) is 193 Å². The Morgan fingerprint density at radius 3 is 1.48 bits per heavy atom. The minimum atomic E-state index is -1.97. The highest BCUT2D eigenvalue weighted by Crippen LogP contribution is 2.33. The molecule has 3 saturated heterocycles. The Hall–Kier alpha value is -1.47. The van der Waals surface area contributed by atoms with Crippen LogP contribution in [0.3, 0.4) is 0 Å². The molecule has 3 heterocycles. The first-order chi connectivity index (χ1) is 30.3. The summed E-state index contributed by atoms with van der Waals surface area (Å²) in [5, 5.41) is 119. The van der Waals surface area contributed by atoms with Crippen molar-refractivity contribution in [2.45, 2.75) is 234 Å². The van der Waals surface area contributed by atoms with Gasteiger partial charge in [0.2, 0.25) is 5.91 Å². The fourth-order valence-corrected chi connectivity index (χ4v) is 8.05. The van der Waals surface area contributed by atoms with E-state index < -0.39 is 124 Å². The van der Waals surface area contributed by atoms with Gasteiger partial charge in [-0.1, -0.05) is 116 Å². The maximum atomic E-state index is 12.7. The number of unbranched alkanes of at least 4 members (excludes halogenated alkanes) is 15. The molecule has 17 unspecified atom stereocenters. The van der Waals surface area contributed by atoms with Crippen LogP contribution in [0, 0.1) is 0 Å². The SMILES string of the molecule is CCCCCCCCCCCCCCCC/C=C/C(O)C(COC1OC(CO)C(OC2OC(CO)C(OC3OC(CO)C(O)C(O)C3O)C(O)C2O)C(O)C1O)NC(=O)CCCC. The molecule has 0 aromatic carbocycles. The number of rotatable bonds is 31. The van der Waals surface area contributed by atoms with Crippen molar-refractivity contribution in [3.63, 3.8) is 0 Å². The summed E-state index contributed by atoms with van der Waals surface area (Å²) in [7, 11) is 0. The van der Waals surface area contributed by atoms with Crippen LogP contribution in [-0.2, 0) is 33.2 Å². The Balaban J connectivity index is 1.51. The van der Waals surface area contributed by atoms with E-state index in [4.69, 9.17) is 28.4 Å². The average molecular weight is 912 g/mol. The predicted molar refractivity (Wildman–Crippen MR) is 227 cm³/mol. The van der Waals surface area contributed by atoms with E-state index in [0.717, 1.165) is 32.1 Å². The van der Waals surface area contributed by atoms with E-state index in [9.17, 15) is 61.0 Å². The number of amides is 1. The molecule has 63 heavy (non-hydrogen) atoms. The van der Waals surface area contributed by atoms with Crippen molar-refractivity contribution >= 4 is 5.91 Å². The van der Waals surface area contributed by atoms with Crippen LogP contribution >= 0.6 is 0 Å². The average Bonchev–Trinajstić information content (AvgIpc) is 3.28. The molecule has 0 aliphatic carbocycles. The van der Waals surface area contributed by atoms with Crippen molar-refractivity contribution < 1.29 is 89.4 Å². The van der Waals surface area contributed by atoms with Gasteiger partial charge in [-0.25, -0.2) is 0 Å². The number of allylic oxidation sites excluding steroid dienone is 1. The number of nitrogens with one attached hydrogen (secondary N) is 1. The Labute approximate surface area is 372 Å². The third-order valence-corrected chi connectivity index (χ3v) is 12.1. The molecule has 0 spiro atoms. The largest absolute Gasteiger partial charge is 0.394 e. The van der Waals surface area contributed by atoms with Crippen molar-refractivity contribution in [2.24, 2.45) is 0 Å². The van der Waals surface area contributed by atoms with Gasteiger partial charge in [0.25, 0.3) is 0 Å². The Bertz CT molecular complexity index is 1230. The van der Waals surface area contributed by atoms with Gasteiger partial charge in [-0.15, -0.1) is 0 Å². The zero-order valence-electron chi connectivity index (χ0n) is 37.3. The lowest BCUT2D eigenvalue weighted by Crippen LogP contribution is -2.66.